The molecule has 0 saturated heterocycles. The molecule has 0 spiro atoms. The Bertz CT molecular complexity index is 667. The number of hydrogen-bond donors (Lipinski definition) is 1. The summed E-state index contributed by atoms with van der Waals surface area (Å²) in [6.45, 7) is 0. The summed E-state index contributed by atoms with van der Waals surface area (Å²) in [5.41, 5.74) is 2.14. The molecule has 2 nitrogen and oxygen atoms in total. The van der Waals surface area contributed by atoms with E-state index in [1.165, 1.54) is 17.7 Å². The molecule has 1 aliphatic carbocycles. The second kappa shape index (κ2) is 5.64. The largest absolute Gasteiger partial charge is 0.497 e. The highest BCUT2D eigenvalue weighted by atomic mass is 79.9. The van der Waals surface area contributed by atoms with Gasteiger partial charge in [-0.1, -0.05) is 22.0 Å². The molecule has 1 aliphatic rings. The van der Waals surface area contributed by atoms with Crippen molar-refractivity contribution in [3.05, 3.63) is 57.6 Å². The van der Waals surface area contributed by atoms with E-state index >= 15 is 0 Å². The van der Waals surface area contributed by atoms with Crippen molar-refractivity contribution >= 4 is 21.6 Å². The first kappa shape index (κ1) is 14.3. The van der Waals surface area contributed by atoms with E-state index in [2.05, 4.69) is 21.2 Å². The van der Waals surface area contributed by atoms with Crippen molar-refractivity contribution in [2.75, 3.05) is 12.4 Å². The van der Waals surface area contributed by atoms with Crippen molar-refractivity contribution < 1.29 is 13.5 Å². The van der Waals surface area contributed by atoms with Crippen LogP contribution in [0.4, 0.5) is 14.5 Å². The average molecular weight is 354 g/mol. The van der Waals surface area contributed by atoms with Crippen LogP contribution in [0.5, 0.6) is 5.75 Å². The highest BCUT2D eigenvalue weighted by Crippen LogP contribution is 2.37. The Balaban J connectivity index is 1.92. The lowest BCUT2D eigenvalue weighted by Gasteiger charge is -2.17. The molecule has 0 fully saturated rings. The third kappa shape index (κ3) is 2.75. The maximum absolute atomic E-state index is 13.9. The lowest BCUT2D eigenvalue weighted by atomic mass is 10.1. The first-order chi connectivity index (χ1) is 10.1. The molecule has 0 aliphatic heterocycles. The summed E-state index contributed by atoms with van der Waals surface area (Å²) in [6.07, 6.45) is 1.69. The van der Waals surface area contributed by atoms with Crippen molar-refractivity contribution in [2.24, 2.45) is 0 Å². The van der Waals surface area contributed by atoms with Crippen LogP contribution in [0.25, 0.3) is 0 Å². The van der Waals surface area contributed by atoms with Crippen LogP contribution in [-0.4, -0.2) is 7.11 Å². The second-order valence-corrected chi connectivity index (χ2v) is 5.96. The minimum Gasteiger partial charge on any atom is -0.497 e. The number of hydrogen-bond acceptors (Lipinski definition) is 2. The molecule has 1 unspecified atom stereocenters. The Labute approximate surface area is 130 Å². The van der Waals surface area contributed by atoms with E-state index in [1.54, 1.807) is 7.11 Å². The fraction of sp³-hybridized carbons (Fsp3) is 0.250. The minimum atomic E-state index is -0.599. The van der Waals surface area contributed by atoms with Crippen LogP contribution in [0.1, 0.15) is 23.6 Å². The zero-order valence-electron chi connectivity index (χ0n) is 11.4. The maximum atomic E-state index is 13.9. The number of ether oxygens (including phenoxy) is 1. The van der Waals surface area contributed by atoms with Gasteiger partial charge < -0.3 is 10.1 Å². The zero-order chi connectivity index (χ0) is 15.0. The molecule has 21 heavy (non-hydrogen) atoms. The van der Waals surface area contributed by atoms with Gasteiger partial charge in [-0.25, -0.2) is 8.78 Å². The highest BCUT2D eigenvalue weighted by Gasteiger charge is 2.25. The zero-order valence-corrected chi connectivity index (χ0v) is 13.0. The summed E-state index contributed by atoms with van der Waals surface area (Å²) >= 11 is 3.08. The van der Waals surface area contributed by atoms with Crippen LogP contribution in [0.2, 0.25) is 0 Å². The molecule has 0 saturated carbocycles. The van der Waals surface area contributed by atoms with Crippen molar-refractivity contribution in [2.45, 2.75) is 18.9 Å². The van der Waals surface area contributed by atoms with Gasteiger partial charge in [0.1, 0.15) is 23.1 Å². The van der Waals surface area contributed by atoms with E-state index < -0.39 is 11.6 Å². The molecule has 0 amide bonds. The Kier molecular flexibility index (Phi) is 3.85. The number of rotatable bonds is 3. The molecule has 2 aromatic rings. The van der Waals surface area contributed by atoms with Gasteiger partial charge in [-0.3, -0.25) is 0 Å². The summed E-state index contributed by atoms with van der Waals surface area (Å²) in [6, 6.07) is 8.24. The Morgan fingerprint density at radius 2 is 1.90 bits per heavy atom. The minimum absolute atomic E-state index is 0.0844. The van der Waals surface area contributed by atoms with E-state index in [0.717, 1.165) is 24.2 Å². The van der Waals surface area contributed by atoms with E-state index in [-0.39, 0.29) is 11.7 Å². The Morgan fingerprint density at radius 3 is 2.57 bits per heavy atom. The summed E-state index contributed by atoms with van der Waals surface area (Å²) in [7, 11) is 1.60. The van der Waals surface area contributed by atoms with Crippen LogP contribution in [-0.2, 0) is 6.42 Å². The third-order valence-corrected chi connectivity index (χ3v) is 4.21. The number of benzene rings is 2. The molecule has 0 heterocycles. The fourth-order valence-corrected chi connectivity index (χ4v) is 3.11. The van der Waals surface area contributed by atoms with Crippen molar-refractivity contribution in [3.8, 4) is 5.75 Å². The first-order valence-corrected chi connectivity index (χ1v) is 7.45. The second-order valence-electron chi connectivity index (χ2n) is 5.04. The van der Waals surface area contributed by atoms with E-state index in [9.17, 15) is 8.78 Å². The van der Waals surface area contributed by atoms with Gasteiger partial charge in [-0.05, 0) is 48.2 Å². The average Bonchev–Trinajstić information content (AvgIpc) is 2.84. The number of halogens is 3. The molecule has 0 aromatic heterocycles. The number of methoxy groups -OCH3 is 1. The Hall–Kier alpha value is -1.62. The predicted octanol–water partition coefficient (Wildman–Crippen LogP) is 4.84. The lowest BCUT2D eigenvalue weighted by molar-refractivity contribution is 0.414. The summed E-state index contributed by atoms with van der Waals surface area (Å²) in [4.78, 5) is 0. The molecular weight excluding hydrogens is 340 g/mol. The van der Waals surface area contributed by atoms with Crippen molar-refractivity contribution in [1.82, 2.24) is 0 Å². The molecule has 0 radical (unpaired) electrons. The molecule has 1 atom stereocenters. The van der Waals surface area contributed by atoms with Gasteiger partial charge in [0.15, 0.2) is 0 Å². The smallest absolute Gasteiger partial charge is 0.150 e. The Morgan fingerprint density at radius 1 is 1.19 bits per heavy atom. The molecule has 3 rings (SSSR count). The van der Waals surface area contributed by atoms with Crippen LogP contribution < -0.4 is 10.1 Å². The third-order valence-electron chi connectivity index (χ3n) is 3.76. The summed E-state index contributed by atoms with van der Waals surface area (Å²) in [5.74, 6) is -0.448. The SMILES string of the molecule is COc1ccc2c(c1)C(Nc1c(F)cc(Br)cc1F)CC2. The number of nitrogens with one attached hydrogen (secondary N) is 1. The van der Waals surface area contributed by atoms with Gasteiger partial charge in [0.2, 0.25) is 0 Å². The molecule has 0 bridgehead atoms. The van der Waals surface area contributed by atoms with Crippen LogP contribution in [0.3, 0.4) is 0 Å². The van der Waals surface area contributed by atoms with Gasteiger partial charge in [0, 0.05) is 4.47 Å². The van der Waals surface area contributed by atoms with E-state index in [1.807, 2.05) is 18.2 Å². The van der Waals surface area contributed by atoms with Crippen LogP contribution in [0.15, 0.2) is 34.8 Å². The quantitative estimate of drug-likeness (QED) is 0.852. The number of anilines is 1. The van der Waals surface area contributed by atoms with E-state index in [0.29, 0.717) is 4.47 Å². The monoisotopic (exact) mass is 353 g/mol. The fourth-order valence-electron chi connectivity index (χ4n) is 2.71. The summed E-state index contributed by atoms with van der Waals surface area (Å²) < 4.78 is 33.5. The highest BCUT2D eigenvalue weighted by molar-refractivity contribution is 9.10. The van der Waals surface area contributed by atoms with Gasteiger partial charge in [-0.2, -0.15) is 0 Å². The van der Waals surface area contributed by atoms with Gasteiger partial charge in [0.05, 0.1) is 13.2 Å². The first-order valence-electron chi connectivity index (χ1n) is 6.66. The summed E-state index contributed by atoms with van der Waals surface area (Å²) in [5, 5.41) is 2.99. The van der Waals surface area contributed by atoms with Gasteiger partial charge in [-0.15, -0.1) is 0 Å². The number of fused-ring (bicyclic) bond motifs is 1. The predicted molar refractivity (Wildman–Crippen MR) is 81.7 cm³/mol. The molecule has 110 valence electrons. The standard InChI is InChI=1S/C16H14BrF2NO/c1-21-11-4-2-9-3-5-15(12(9)8-11)20-16-13(18)6-10(17)7-14(16)19/h2,4,6-8,15,20H,3,5H2,1H3. The normalized spacial score (nSPS) is 16.7. The lowest BCUT2D eigenvalue weighted by Crippen LogP contribution is -2.10. The molecule has 1 N–H and O–H groups in total. The molecular formula is C16H14BrF2NO. The van der Waals surface area contributed by atoms with Crippen molar-refractivity contribution in [3.63, 3.8) is 0 Å². The van der Waals surface area contributed by atoms with Gasteiger partial charge >= 0.3 is 0 Å². The van der Waals surface area contributed by atoms with Crippen LogP contribution >= 0.6 is 15.9 Å². The number of aryl methyl sites for hydroxylation is 1. The van der Waals surface area contributed by atoms with Gasteiger partial charge in [0.25, 0.3) is 0 Å². The van der Waals surface area contributed by atoms with E-state index in [4.69, 9.17) is 4.74 Å². The molecule has 5 heteroatoms. The van der Waals surface area contributed by atoms with Crippen molar-refractivity contribution in [1.29, 1.82) is 0 Å². The topological polar surface area (TPSA) is 21.3 Å². The molecule has 2 aromatic carbocycles. The maximum Gasteiger partial charge on any atom is 0.150 e. The van der Waals surface area contributed by atoms with Crippen LogP contribution in [0, 0.1) is 11.6 Å².